The summed E-state index contributed by atoms with van der Waals surface area (Å²) in [7, 11) is 0. The maximum absolute atomic E-state index is 12.8. The molecule has 1 unspecified atom stereocenters. The molecule has 7 nitrogen and oxygen atoms in total. The first-order valence-corrected chi connectivity index (χ1v) is 10.6. The van der Waals surface area contributed by atoms with Gasteiger partial charge in [-0.1, -0.05) is 6.42 Å². The van der Waals surface area contributed by atoms with Crippen molar-refractivity contribution in [3.8, 4) is 0 Å². The van der Waals surface area contributed by atoms with E-state index in [0.29, 0.717) is 6.04 Å². The predicted molar refractivity (Wildman–Crippen MR) is 117 cm³/mol. The van der Waals surface area contributed by atoms with Gasteiger partial charge in [-0.05, 0) is 38.8 Å². The fourth-order valence-electron chi connectivity index (χ4n) is 3.79. The molecule has 152 valence electrons. The molecule has 0 saturated carbocycles. The zero-order valence-corrected chi connectivity index (χ0v) is 17.8. The van der Waals surface area contributed by atoms with E-state index >= 15 is 0 Å². The van der Waals surface area contributed by atoms with Crippen molar-refractivity contribution in [2.24, 2.45) is 0 Å². The average molecular weight is 423 g/mol. The quantitative estimate of drug-likeness (QED) is 0.702. The number of aromatic nitrogens is 3. The third-order valence-electron chi connectivity index (χ3n) is 5.32. The summed E-state index contributed by atoms with van der Waals surface area (Å²) in [5.41, 5.74) is 1.93. The molecule has 2 aromatic heterocycles. The lowest BCUT2D eigenvalue weighted by molar-refractivity contribution is -0.117. The largest absolute Gasteiger partial charge is 0.348 e. The van der Waals surface area contributed by atoms with Crippen molar-refractivity contribution in [3.05, 3.63) is 29.2 Å². The average Bonchev–Trinajstić information content (AvgIpc) is 3.10. The lowest BCUT2D eigenvalue weighted by atomic mass is 9.99. The number of nitrogens with one attached hydrogen (secondary N) is 3. The summed E-state index contributed by atoms with van der Waals surface area (Å²) in [6.45, 7) is 5.98. The number of anilines is 1. The SMILES string of the molecule is Cc1c[nH]c2ncnc(N3C=C(C(=O)NC(C)[C@@H]4CCCCN4)SCC3)c12.Cl. The number of H-pyrrole nitrogens is 1. The second kappa shape index (κ2) is 9.15. The van der Waals surface area contributed by atoms with Crippen molar-refractivity contribution >= 4 is 46.9 Å². The van der Waals surface area contributed by atoms with Crippen LogP contribution in [0.15, 0.2) is 23.6 Å². The van der Waals surface area contributed by atoms with Gasteiger partial charge in [-0.2, -0.15) is 0 Å². The highest BCUT2D eigenvalue weighted by atomic mass is 35.5. The first-order valence-electron chi connectivity index (χ1n) is 9.57. The summed E-state index contributed by atoms with van der Waals surface area (Å²) in [5, 5.41) is 7.71. The monoisotopic (exact) mass is 422 g/mol. The van der Waals surface area contributed by atoms with Crippen LogP contribution in [0.5, 0.6) is 0 Å². The smallest absolute Gasteiger partial charge is 0.259 e. The Hall–Kier alpha value is -1.77. The topological polar surface area (TPSA) is 85.9 Å². The second-order valence-corrected chi connectivity index (χ2v) is 8.38. The fraction of sp³-hybridized carbons (Fsp3) is 0.526. The van der Waals surface area contributed by atoms with E-state index in [0.717, 1.165) is 52.6 Å². The van der Waals surface area contributed by atoms with Gasteiger partial charge in [-0.25, -0.2) is 9.97 Å². The number of amides is 1. The minimum Gasteiger partial charge on any atom is -0.348 e. The van der Waals surface area contributed by atoms with Gasteiger partial charge in [0.05, 0.1) is 10.3 Å². The molecule has 1 amide bonds. The minimum absolute atomic E-state index is 0. The summed E-state index contributed by atoms with van der Waals surface area (Å²) >= 11 is 1.61. The van der Waals surface area contributed by atoms with Crippen LogP contribution in [-0.2, 0) is 4.79 Å². The molecule has 3 N–H and O–H groups in total. The third-order valence-corrected chi connectivity index (χ3v) is 6.30. The van der Waals surface area contributed by atoms with Gasteiger partial charge in [0.15, 0.2) is 0 Å². The van der Waals surface area contributed by atoms with Gasteiger partial charge in [0.2, 0.25) is 0 Å². The number of aryl methyl sites for hydroxylation is 1. The summed E-state index contributed by atoms with van der Waals surface area (Å²) in [4.78, 5) is 27.6. The standard InChI is InChI=1S/C19H26N6OS.ClH/c1-12-9-21-17-16(12)18(23-11-22-17)25-7-8-27-15(10-25)19(26)24-13(2)14-5-3-4-6-20-14;/h9-11,13-14,20H,3-8H2,1-2H3,(H,24,26)(H,21,22,23);1H/t13?,14-;/m0./s1. The van der Waals surface area contributed by atoms with Gasteiger partial charge in [-0.15, -0.1) is 24.2 Å². The van der Waals surface area contributed by atoms with Gasteiger partial charge in [0.25, 0.3) is 5.91 Å². The molecular formula is C19H27ClN6OS. The Kier molecular flexibility index (Phi) is 6.85. The highest BCUT2D eigenvalue weighted by Gasteiger charge is 2.25. The minimum atomic E-state index is 0. The molecule has 2 aromatic rings. The molecule has 0 aromatic carbocycles. The molecule has 0 aliphatic carbocycles. The molecule has 2 aliphatic rings. The van der Waals surface area contributed by atoms with Gasteiger partial charge in [0, 0.05) is 36.8 Å². The molecule has 1 fully saturated rings. The predicted octanol–water partition coefficient (Wildman–Crippen LogP) is 2.73. The molecular weight excluding hydrogens is 396 g/mol. The van der Waals surface area contributed by atoms with Crippen LogP contribution in [0.25, 0.3) is 11.0 Å². The molecule has 2 atom stereocenters. The third kappa shape index (κ3) is 4.29. The van der Waals surface area contributed by atoms with E-state index in [4.69, 9.17) is 0 Å². The maximum Gasteiger partial charge on any atom is 0.259 e. The molecule has 1 saturated heterocycles. The van der Waals surface area contributed by atoms with Crippen molar-refractivity contribution in [3.63, 3.8) is 0 Å². The number of carbonyl (C=O) groups is 1. The maximum atomic E-state index is 12.8. The number of fused-ring (bicyclic) bond motifs is 1. The van der Waals surface area contributed by atoms with Gasteiger partial charge < -0.3 is 20.5 Å². The first-order chi connectivity index (χ1) is 13.1. The number of hydrogen-bond donors (Lipinski definition) is 3. The van der Waals surface area contributed by atoms with Crippen LogP contribution in [0.1, 0.15) is 31.7 Å². The number of aromatic amines is 1. The van der Waals surface area contributed by atoms with Gasteiger partial charge >= 0.3 is 0 Å². The summed E-state index contributed by atoms with van der Waals surface area (Å²) < 4.78 is 0. The number of thioether (sulfide) groups is 1. The van der Waals surface area contributed by atoms with E-state index < -0.39 is 0 Å². The Balaban J connectivity index is 0.00000225. The van der Waals surface area contributed by atoms with Gasteiger partial charge in [-0.3, -0.25) is 4.79 Å². The van der Waals surface area contributed by atoms with E-state index in [2.05, 4.69) is 37.4 Å². The Bertz CT molecular complexity index is 863. The number of piperidine rings is 1. The van der Waals surface area contributed by atoms with E-state index in [1.807, 2.05) is 19.3 Å². The van der Waals surface area contributed by atoms with Crippen molar-refractivity contribution in [1.82, 2.24) is 25.6 Å². The molecule has 28 heavy (non-hydrogen) atoms. The molecule has 4 heterocycles. The van der Waals surface area contributed by atoms with Crippen molar-refractivity contribution in [2.75, 3.05) is 23.7 Å². The van der Waals surface area contributed by atoms with E-state index in [1.165, 1.54) is 12.8 Å². The number of hydrogen-bond acceptors (Lipinski definition) is 6. The Morgan fingerprint density at radius 2 is 2.25 bits per heavy atom. The summed E-state index contributed by atoms with van der Waals surface area (Å²) in [6, 6.07) is 0.476. The van der Waals surface area contributed by atoms with Crippen molar-refractivity contribution < 1.29 is 4.79 Å². The number of carbonyl (C=O) groups excluding carboxylic acids is 1. The summed E-state index contributed by atoms with van der Waals surface area (Å²) in [6.07, 6.45) is 9.00. The van der Waals surface area contributed by atoms with E-state index in [-0.39, 0.29) is 24.4 Å². The second-order valence-electron chi connectivity index (χ2n) is 7.25. The molecule has 0 bridgehead atoms. The van der Waals surface area contributed by atoms with Crippen LogP contribution in [0, 0.1) is 6.92 Å². The Morgan fingerprint density at radius 3 is 3.04 bits per heavy atom. The molecule has 0 radical (unpaired) electrons. The Morgan fingerprint density at radius 1 is 1.39 bits per heavy atom. The lowest BCUT2D eigenvalue weighted by Gasteiger charge is -2.31. The van der Waals surface area contributed by atoms with Crippen LogP contribution < -0.4 is 15.5 Å². The number of rotatable bonds is 4. The van der Waals surface area contributed by atoms with Gasteiger partial charge in [0.1, 0.15) is 17.8 Å². The van der Waals surface area contributed by atoms with Crippen LogP contribution in [0.4, 0.5) is 5.82 Å². The zero-order valence-electron chi connectivity index (χ0n) is 16.2. The highest BCUT2D eigenvalue weighted by molar-refractivity contribution is 8.04. The lowest BCUT2D eigenvalue weighted by Crippen LogP contribution is -2.50. The number of halogens is 1. The zero-order chi connectivity index (χ0) is 18.8. The molecule has 2 aliphatic heterocycles. The van der Waals surface area contributed by atoms with Crippen LogP contribution in [0.3, 0.4) is 0 Å². The van der Waals surface area contributed by atoms with Crippen LogP contribution in [-0.4, -0.2) is 51.8 Å². The normalized spacial score (nSPS) is 21.0. The van der Waals surface area contributed by atoms with Crippen LogP contribution >= 0.6 is 24.2 Å². The highest BCUT2D eigenvalue weighted by Crippen LogP contribution is 2.30. The summed E-state index contributed by atoms with van der Waals surface area (Å²) in [5.74, 6) is 1.71. The van der Waals surface area contributed by atoms with E-state index in [1.54, 1.807) is 18.1 Å². The number of nitrogens with zero attached hydrogens (tertiary/aromatic N) is 3. The first kappa shape index (κ1) is 21.0. The van der Waals surface area contributed by atoms with E-state index in [9.17, 15) is 4.79 Å². The Labute approximate surface area is 175 Å². The molecule has 0 spiro atoms. The van der Waals surface area contributed by atoms with Crippen molar-refractivity contribution in [1.29, 1.82) is 0 Å². The molecule has 4 rings (SSSR count). The van der Waals surface area contributed by atoms with Crippen LogP contribution in [0.2, 0.25) is 0 Å². The van der Waals surface area contributed by atoms with Crippen molar-refractivity contribution in [2.45, 2.75) is 45.2 Å². The molecule has 9 heteroatoms. The fourth-order valence-corrected chi connectivity index (χ4v) is 4.69.